The first-order chi connectivity index (χ1) is 15.5. The van der Waals surface area contributed by atoms with Gasteiger partial charge in [0, 0.05) is 32.4 Å². The third-order valence-electron chi connectivity index (χ3n) is 5.52. The first kappa shape index (κ1) is 20.2. The SMILES string of the molecule is FC(F)(F)c1ccccc1Cn1ncc2c(N3CCN(c4cccnn4)CC3)ncnc21. The second-order valence-corrected chi connectivity index (χ2v) is 7.45. The van der Waals surface area contributed by atoms with E-state index in [1.807, 2.05) is 12.1 Å². The number of aromatic nitrogens is 6. The smallest absolute Gasteiger partial charge is 0.352 e. The van der Waals surface area contributed by atoms with Crippen LogP contribution in [0.1, 0.15) is 11.1 Å². The van der Waals surface area contributed by atoms with E-state index in [1.54, 1.807) is 18.5 Å². The molecule has 0 radical (unpaired) electrons. The fraction of sp³-hybridized carbons (Fsp3) is 0.286. The highest BCUT2D eigenvalue weighted by molar-refractivity contribution is 5.86. The maximum Gasteiger partial charge on any atom is 0.416 e. The number of alkyl halides is 3. The van der Waals surface area contributed by atoms with Crippen molar-refractivity contribution in [1.82, 2.24) is 29.9 Å². The zero-order valence-corrected chi connectivity index (χ0v) is 16.9. The number of hydrogen-bond donors (Lipinski definition) is 0. The Labute approximate surface area is 181 Å². The van der Waals surface area contributed by atoms with Crippen LogP contribution in [-0.4, -0.2) is 56.1 Å². The highest BCUT2D eigenvalue weighted by Gasteiger charge is 2.33. The number of halogens is 3. The van der Waals surface area contributed by atoms with Crippen LogP contribution >= 0.6 is 0 Å². The lowest BCUT2D eigenvalue weighted by Gasteiger charge is -2.35. The number of fused-ring (bicyclic) bond motifs is 1. The topological polar surface area (TPSA) is 75.9 Å². The molecule has 4 aromatic rings. The molecule has 5 rings (SSSR count). The van der Waals surface area contributed by atoms with E-state index in [1.165, 1.54) is 23.1 Å². The number of piperazine rings is 1. The van der Waals surface area contributed by atoms with Crippen molar-refractivity contribution in [3.05, 3.63) is 66.2 Å². The quantitative estimate of drug-likeness (QED) is 0.483. The van der Waals surface area contributed by atoms with E-state index in [2.05, 4.69) is 35.1 Å². The van der Waals surface area contributed by atoms with Crippen molar-refractivity contribution >= 4 is 22.7 Å². The van der Waals surface area contributed by atoms with Gasteiger partial charge in [-0.2, -0.15) is 23.4 Å². The molecule has 32 heavy (non-hydrogen) atoms. The van der Waals surface area contributed by atoms with E-state index in [9.17, 15) is 13.2 Å². The molecule has 0 aliphatic carbocycles. The Morgan fingerprint density at radius 3 is 2.44 bits per heavy atom. The summed E-state index contributed by atoms with van der Waals surface area (Å²) < 4.78 is 41.6. The third kappa shape index (κ3) is 3.81. The summed E-state index contributed by atoms with van der Waals surface area (Å²) in [6.07, 6.45) is 0.265. The van der Waals surface area contributed by atoms with Crippen LogP contribution in [0.2, 0.25) is 0 Å². The van der Waals surface area contributed by atoms with E-state index in [0.29, 0.717) is 24.1 Å². The molecule has 0 unspecified atom stereocenters. The molecule has 4 heterocycles. The lowest BCUT2D eigenvalue weighted by Crippen LogP contribution is -2.47. The van der Waals surface area contributed by atoms with Gasteiger partial charge >= 0.3 is 6.18 Å². The first-order valence-electron chi connectivity index (χ1n) is 10.1. The Hall–Kier alpha value is -3.76. The minimum Gasteiger partial charge on any atom is -0.352 e. The predicted octanol–water partition coefficient (Wildman–Crippen LogP) is 3.01. The van der Waals surface area contributed by atoms with E-state index < -0.39 is 11.7 Å². The Morgan fingerprint density at radius 1 is 0.906 bits per heavy atom. The molecular weight excluding hydrogens is 421 g/mol. The Kier molecular flexibility index (Phi) is 5.08. The van der Waals surface area contributed by atoms with Crippen LogP contribution in [-0.2, 0) is 12.7 Å². The zero-order chi connectivity index (χ0) is 22.1. The first-order valence-corrected chi connectivity index (χ1v) is 10.1. The van der Waals surface area contributed by atoms with Crippen LogP contribution < -0.4 is 9.80 Å². The maximum absolute atomic E-state index is 13.4. The lowest BCUT2D eigenvalue weighted by atomic mass is 10.1. The van der Waals surface area contributed by atoms with Gasteiger partial charge in [-0.25, -0.2) is 14.6 Å². The molecule has 1 aliphatic rings. The molecule has 1 saturated heterocycles. The molecule has 0 spiro atoms. The summed E-state index contributed by atoms with van der Waals surface area (Å²) in [4.78, 5) is 13.0. The Balaban J connectivity index is 1.39. The number of benzene rings is 1. The Bertz CT molecular complexity index is 1220. The molecule has 1 aliphatic heterocycles. The number of nitrogens with zero attached hydrogens (tertiary/aromatic N) is 8. The van der Waals surface area contributed by atoms with Gasteiger partial charge < -0.3 is 9.80 Å². The molecule has 11 heteroatoms. The van der Waals surface area contributed by atoms with Gasteiger partial charge in [0.05, 0.1) is 23.7 Å². The van der Waals surface area contributed by atoms with Crippen LogP contribution in [0.5, 0.6) is 0 Å². The number of hydrogen-bond acceptors (Lipinski definition) is 7. The molecule has 8 nitrogen and oxygen atoms in total. The fourth-order valence-electron chi connectivity index (χ4n) is 3.95. The number of anilines is 2. The Morgan fingerprint density at radius 2 is 1.69 bits per heavy atom. The highest BCUT2D eigenvalue weighted by atomic mass is 19.4. The molecule has 1 fully saturated rings. The van der Waals surface area contributed by atoms with Gasteiger partial charge in [-0.05, 0) is 23.8 Å². The van der Waals surface area contributed by atoms with Crippen molar-refractivity contribution in [1.29, 1.82) is 0 Å². The van der Waals surface area contributed by atoms with Gasteiger partial charge in [-0.1, -0.05) is 18.2 Å². The summed E-state index contributed by atoms with van der Waals surface area (Å²) in [7, 11) is 0. The minimum absolute atomic E-state index is 0.0317. The minimum atomic E-state index is -4.43. The zero-order valence-electron chi connectivity index (χ0n) is 16.9. The molecule has 0 N–H and O–H groups in total. The van der Waals surface area contributed by atoms with Crippen LogP contribution in [0.25, 0.3) is 11.0 Å². The van der Waals surface area contributed by atoms with Crippen molar-refractivity contribution in [2.24, 2.45) is 0 Å². The molecular formula is C21H19F3N8. The average molecular weight is 440 g/mol. The molecule has 0 saturated carbocycles. The summed E-state index contributed by atoms with van der Waals surface area (Å²) in [5.41, 5.74) is -0.0239. The normalized spacial score (nSPS) is 14.8. The average Bonchev–Trinajstić information content (AvgIpc) is 3.22. The van der Waals surface area contributed by atoms with Crippen molar-refractivity contribution in [2.45, 2.75) is 12.7 Å². The second-order valence-electron chi connectivity index (χ2n) is 7.45. The monoisotopic (exact) mass is 440 g/mol. The molecule has 164 valence electrons. The van der Waals surface area contributed by atoms with Gasteiger partial charge in [0.1, 0.15) is 12.1 Å². The predicted molar refractivity (Wildman–Crippen MR) is 112 cm³/mol. The summed E-state index contributed by atoms with van der Waals surface area (Å²) >= 11 is 0. The molecule has 1 aromatic carbocycles. The summed E-state index contributed by atoms with van der Waals surface area (Å²) in [6.45, 7) is 2.89. The third-order valence-corrected chi connectivity index (χ3v) is 5.52. The van der Waals surface area contributed by atoms with E-state index in [-0.39, 0.29) is 12.1 Å². The highest BCUT2D eigenvalue weighted by Crippen LogP contribution is 2.33. The van der Waals surface area contributed by atoms with E-state index in [4.69, 9.17) is 0 Å². The van der Waals surface area contributed by atoms with Gasteiger partial charge in [-0.15, -0.1) is 5.10 Å². The summed E-state index contributed by atoms with van der Waals surface area (Å²) in [6, 6.07) is 9.30. The summed E-state index contributed by atoms with van der Waals surface area (Å²) in [5.74, 6) is 1.56. The maximum atomic E-state index is 13.4. The van der Waals surface area contributed by atoms with Gasteiger partial charge in [0.15, 0.2) is 11.5 Å². The number of rotatable bonds is 4. The largest absolute Gasteiger partial charge is 0.416 e. The van der Waals surface area contributed by atoms with Crippen LogP contribution in [0, 0.1) is 0 Å². The van der Waals surface area contributed by atoms with E-state index in [0.717, 1.165) is 30.8 Å². The van der Waals surface area contributed by atoms with Crippen LogP contribution in [0.3, 0.4) is 0 Å². The van der Waals surface area contributed by atoms with Crippen molar-refractivity contribution in [3.8, 4) is 0 Å². The van der Waals surface area contributed by atoms with Crippen molar-refractivity contribution < 1.29 is 13.2 Å². The second kappa shape index (κ2) is 8.06. The molecule has 0 bridgehead atoms. The lowest BCUT2D eigenvalue weighted by molar-refractivity contribution is -0.138. The van der Waals surface area contributed by atoms with E-state index >= 15 is 0 Å². The fourth-order valence-corrected chi connectivity index (χ4v) is 3.95. The molecule has 0 amide bonds. The van der Waals surface area contributed by atoms with Crippen LogP contribution in [0.15, 0.2) is 55.1 Å². The molecule has 3 aromatic heterocycles. The van der Waals surface area contributed by atoms with Gasteiger partial charge in [0.25, 0.3) is 0 Å². The molecule has 0 atom stereocenters. The van der Waals surface area contributed by atoms with Crippen molar-refractivity contribution in [2.75, 3.05) is 36.0 Å². The van der Waals surface area contributed by atoms with Crippen molar-refractivity contribution in [3.63, 3.8) is 0 Å². The standard InChI is InChI=1S/C21H19F3N8/c22-21(23,24)17-5-2-1-4-15(17)13-32-20-16(12-28-32)19(25-14-26-20)31-10-8-30(9-11-31)18-6-3-7-27-29-18/h1-7,12,14H,8-11,13H2. The van der Waals surface area contributed by atoms with Gasteiger partial charge in [-0.3, -0.25) is 0 Å². The van der Waals surface area contributed by atoms with Crippen LogP contribution in [0.4, 0.5) is 24.8 Å². The van der Waals surface area contributed by atoms with Gasteiger partial charge in [0.2, 0.25) is 0 Å². The summed E-state index contributed by atoms with van der Waals surface area (Å²) in [5, 5.41) is 13.1.